The van der Waals surface area contributed by atoms with E-state index in [-0.39, 0.29) is 11.0 Å². The highest BCUT2D eigenvalue weighted by Crippen LogP contribution is 2.38. The predicted molar refractivity (Wildman–Crippen MR) is 74.8 cm³/mol. The lowest BCUT2D eigenvalue weighted by Crippen LogP contribution is -2.35. The summed E-state index contributed by atoms with van der Waals surface area (Å²) in [5.41, 5.74) is 1.29. The van der Waals surface area contributed by atoms with Gasteiger partial charge in [-0.05, 0) is 31.2 Å². The van der Waals surface area contributed by atoms with Crippen LogP contribution in [-0.2, 0) is 6.54 Å². The third-order valence-corrected chi connectivity index (χ3v) is 5.10. The molecule has 2 nitrogen and oxygen atoms in total. The van der Waals surface area contributed by atoms with E-state index in [9.17, 15) is 4.79 Å². The molecule has 1 aromatic heterocycles. The molecule has 0 unspecified atom stereocenters. The second-order valence-corrected chi connectivity index (χ2v) is 5.88. The van der Waals surface area contributed by atoms with Crippen LogP contribution in [0.3, 0.4) is 0 Å². The van der Waals surface area contributed by atoms with Gasteiger partial charge in [-0.25, -0.2) is 0 Å². The normalized spacial score (nSPS) is 19.2. The summed E-state index contributed by atoms with van der Waals surface area (Å²) in [7, 11) is 0. The molecule has 1 aliphatic rings. The van der Waals surface area contributed by atoms with Crippen molar-refractivity contribution in [3.05, 3.63) is 34.2 Å². The summed E-state index contributed by atoms with van der Waals surface area (Å²) in [5, 5.41) is 1.00. The van der Waals surface area contributed by atoms with E-state index in [0.29, 0.717) is 0 Å². The van der Waals surface area contributed by atoms with Gasteiger partial charge in [-0.3, -0.25) is 4.79 Å². The monoisotopic (exact) mass is 297 g/mol. The van der Waals surface area contributed by atoms with Crippen LogP contribution in [-0.4, -0.2) is 9.90 Å². The highest BCUT2D eigenvalue weighted by Gasteiger charge is 2.31. The number of hydrogen-bond acceptors (Lipinski definition) is 1. The van der Waals surface area contributed by atoms with E-state index in [0.717, 1.165) is 17.4 Å². The molecule has 1 fully saturated rings. The molecule has 0 bridgehead atoms. The van der Waals surface area contributed by atoms with Gasteiger partial charge >= 0.3 is 0 Å². The van der Waals surface area contributed by atoms with Crippen LogP contribution >= 0.6 is 15.9 Å². The Hall–Kier alpha value is -0.570. The van der Waals surface area contributed by atoms with Gasteiger partial charge in [-0.2, -0.15) is 0 Å². The van der Waals surface area contributed by atoms with Crippen molar-refractivity contribution >= 4 is 15.9 Å². The quantitative estimate of drug-likeness (QED) is 0.783. The fourth-order valence-corrected chi connectivity index (χ4v) is 3.52. The Bertz CT molecular complexity index is 432. The largest absolute Gasteiger partial charge is 0.315 e. The highest BCUT2D eigenvalue weighted by atomic mass is 79.9. The Balaban J connectivity index is 2.23. The van der Waals surface area contributed by atoms with E-state index in [4.69, 9.17) is 0 Å². The van der Waals surface area contributed by atoms with Crippen LogP contribution in [0.5, 0.6) is 0 Å². The van der Waals surface area contributed by atoms with Crippen molar-refractivity contribution < 1.29 is 0 Å². The van der Waals surface area contributed by atoms with E-state index in [2.05, 4.69) is 15.9 Å². The Morgan fingerprint density at radius 1 is 1.35 bits per heavy atom. The molecule has 0 aliphatic heterocycles. The minimum absolute atomic E-state index is 0.165. The minimum Gasteiger partial charge on any atom is -0.315 e. The zero-order valence-electron chi connectivity index (χ0n) is 10.4. The number of aromatic nitrogens is 1. The van der Waals surface area contributed by atoms with Gasteiger partial charge in [0.2, 0.25) is 0 Å². The molecule has 1 aliphatic carbocycles. The number of pyridine rings is 1. The molecule has 0 aromatic carbocycles. The zero-order valence-corrected chi connectivity index (χ0v) is 12.0. The van der Waals surface area contributed by atoms with Crippen LogP contribution < -0.4 is 5.56 Å². The van der Waals surface area contributed by atoms with Gasteiger partial charge in [0.05, 0.1) is 0 Å². The minimum atomic E-state index is 0.165. The molecule has 0 atom stereocenters. The molecule has 0 N–H and O–H groups in total. The Morgan fingerprint density at radius 3 is 2.71 bits per heavy atom. The van der Waals surface area contributed by atoms with Crippen LogP contribution in [0.1, 0.15) is 37.7 Å². The Labute approximate surface area is 111 Å². The maximum atomic E-state index is 12.0. The maximum Gasteiger partial charge on any atom is 0.253 e. The van der Waals surface area contributed by atoms with Crippen LogP contribution in [0.25, 0.3) is 0 Å². The smallest absolute Gasteiger partial charge is 0.253 e. The first-order chi connectivity index (χ1) is 8.17. The number of halogens is 1. The highest BCUT2D eigenvalue weighted by molar-refractivity contribution is 9.09. The van der Waals surface area contributed by atoms with Gasteiger partial charge in [0, 0.05) is 23.6 Å². The van der Waals surface area contributed by atoms with Crippen molar-refractivity contribution in [3.63, 3.8) is 0 Å². The maximum absolute atomic E-state index is 12.0. The fraction of sp³-hybridized carbons (Fsp3) is 0.643. The summed E-state index contributed by atoms with van der Waals surface area (Å²) < 4.78 is 1.89. The van der Waals surface area contributed by atoms with Crippen molar-refractivity contribution in [1.82, 2.24) is 4.57 Å². The van der Waals surface area contributed by atoms with Crippen molar-refractivity contribution in [1.29, 1.82) is 0 Å². The van der Waals surface area contributed by atoms with Crippen LogP contribution in [0, 0.1) is 12.3 Å². The van der Waals surface area contributed by atoms with Gasteiger partial charge < -0.3 is 4.57 Å². The van der Waals surface area contributed by atoms with Crippen molar-refractivity contribution in [2.24, 2.45) is 5.41 Å². The molecule has 0 saturated heterocycles. The standard InChI is InChI=1S/C14H20BrNO/c1-12-6-5-9-16(13(12)17)11-14(10-15)7-3-2-4-8-14/h5-6,9H,2-4,7-8,10-11H2,1H3. The first kappa shape index (κ1) is 12.9. The summed E-state index contributed by atoms with van der Waals surface area (Å²) in [6.45, 7) is 2.75. The molecule has 1 aromatic rings. The lowest BCUT2D eigenvalue weighted by Gasteiger charge is -2.36. The summed E-state index contributed by atoms with van der Waals surface area (Å²) in [5.74, 6) is 0. The van der Waals surface area contributed by atoms with E-state index in [1.165, 1.54) is 32.1 Å². The fourth-order valence-electron chi connectivity index (χ4n) is 2.78. The second-order valence-electron chi connectivity index (χ2n) is 5.32. The van der Waals surface area contributed by atoms with Crippen molar-refractivity contribution in [3.8, 4) is 0 Å². The summed E-state index contributed by atoms with van der Waals surface area (Å²) in [6.07, 6.45) is 8.33. The third-order valence-electron chi connectivity index (χ3n) is 3.91. The van der Waals surface area contributed by atoms with Gasteiger partial charge in [0.15, 0.2) is 0 Å². The number of aryl methyl sites for hydroxylation is 1. The molecule has 0 radical (unpaired) electrons. The summed E-state index contributed by atoms with van der Waals surface area (Å²) in [4.78, 5) is 12.0. The van der Waals surface area contributed by atoms with Crippen LogP contribution in [0.15, 0.2) is 23.1 Å². The SMILES string of the molecule is Cc1cccn(CC2(CBr)CCCCC2)c1=O. The molecule has 2 rings (SSSR count). The molecule has 17 heavy (non-hydrogen) atoms. The predicted octanol–water partition coefficient (Wildman–Crippen LogP) is 3.50. The molecule has 3 heteroatoms. The van der Waals surface area contributed by atoms with Gasteiger partial charge in [-0.15, -0.1) is 0 Å². The Morgan fingerprint density at radius 2 is 2.06 bits per heavy atom. The molecular formula is C14H20BrNO. The van der Waals surface area contributed by atoms with E-state index < -0.39 is 0 Å². The molecule has 0 amide bonds. The molecule has 94 valence electrons. The van der Waals surface area contributed by atoms with E-state index >= 15 is 0 Å². The second kappa shape index (κ2) is 5.38. The van der Waals surface area contributed by atoms with Gasteiger partial charge in [-0.1, -0.05) is 41.3 Å². The number of nitrogens with zero attached hydrogens (tertiary/aromatic N) is 1. The number of hydrogen-bond donors (Lipinski definition) is 0. The average molecular weight is 298 g/mol. The van der Waals surface area contributed by atoms with E-state index in [1.807, 2.05) is 29.8 Å². The number of alkyl halides is 1. The average Bonchev–Trinajstić information content (AvgIpc) is 2.36. The first-order valence-electron chi connectivity index (χ1n) is 6.39. The first-order valence-corrected chi connectivity index (χ1v) is 7.51. The zero-order chi connectivity index (χ0) is 12.3. The lowest BCUT2D eigenvalue weighted by atomic mass is 9.75. The molecule has 1 saturated carbocycles. The summed E-state index contributed by atoms with van der Waals surface area (Å²) >= 11 is 3.65. The molecular weight excluding hydrogens is 278 g/mol. The van der Waals surface area contributed by atoms with Gasteiger partial charge in [0.25, 0.3) is 5.56 Å². The van der Waals surface area contributed by atoms with Crippen LogP contribution in [0.4, 0.5) is 0 Å². The topological polar surface area (TPSA) is 22.0 Å². The third kappa shape index (κ3) is 2.82. The lowest BCUT2D eigenvalue weighted by molar-refractivity contribution is 0.189. The van der Waals surface area contributed by atoms with Crippen LogP contribution in [0.2, 0.25) is 0 Å². The molecule has 1 heterocycles. The van der Waals surface area contributed by atoms with Crippen molar-refractivity contribution in [2.75, 3.05) is 5.33 Å². The number of rotatable bonds is 3. The van der Waals surface area contributed by atoms with Crippen molar-refractivity contribution in [2.45, 2.75) is 45.6 Å². The van der Waals surface area contributed by atoms with Gasteiger partial charge in [0.1, 0.15) is 0 Å². The van der Waals surface area contributed by atoms with E-state index in [1.54, 1.807) is 0 Å². The Kier molecular flexibility index (Phi) is 4.08. The summed E-state index contributed by atoms with van der Waals surface area (Å²) in [6, 6.07) is 3.86. The molecule has 0 spiro atoms.